The van der Waals surface area contributed by atoms with Gasteiger partial charge in [0.05, 0.1) is 6.61 Å². The highest BCUT2D eigenvalue weighted by molar-refractivity contribution is 5.63. The first-order valence-corrected chi connectivity index (χ1v) is 7.96. The van der Waals surface area contributed by atoms with Crippen molar-refractivity contribution < 1.29 is 4.74 Å². The summed E-state index contributed by atoms with van der Waals surface area (Å²) in [4.78, 5) is 4.86. The van der Waals surface area contributed by atoms with Gasteiger partial charge in [0.2, 0.25) is 0 Å². The van der Waals surface area contributed by atoms with Crippen molar-refractivity contribution in [3.05, 3.63) is 23.8 Å². The molecule has 1 unspecified atom stereocenters. The molecule has 21 heavy (non-hydrogen) atoms. The van der Waals surface area contributed by atoms with Crippen LogP contribution in [-0.2, 0) is 11.2 Å². The number of nitrogens with zero attached hydrogens (tertiary/aromatic N) is 2. The highest BCUT2D eigenvalue weighted by Gasteiger charge is 2.15. The zero-order valence-electron chi connectivity index (χ0n) is 13.9. The number of anilines is 2. The first kappa shape index (κ1) is 16.1. The van der Waals surface area contributed by atoms with Crippen LogP contribution in [0.25, 0.3) is 0 Å². The van der Waals surface area contributed by atoms with Gasteiger partial charge in [-0.25, -0.2) is 0 Å². The molecule has 4 nitrogen and oxygen atoms in total. The van der Waals surface area contributed by atoms with Crippen LogP contribution in [-0.4, -0.2) is 57.9 Å². The SMILES string of the molecule is CCc1ccc(N2CCN(C)CC2)cc1NC(C)COC. The van der Waals surface area contributed by atoms with Gasteiger partial charge in [0, 0.05) is 50.7 Å². The van der Waals surface area contributed by atoms with Crippen molar-refractivity contribution >= 4 is 11.4 Å². The topological polar surface area (TPSA) is 27.7 Å². The lowest BCUT2D eigenvalue weighted by atomic mass is 10.1. The first-order valence-electron chi connectivity index (χ1n) is 7.96. The fourth-order valence-electron chi connectivity index (χ4n) is 2.83. The zero-order valence-corrected chi connectivity index (χ0v) is 13.9. The Morgan fingerprint density at radius 2 is 1.95 bits per heavy atom. The lowest BCUT2D eigenvalue weighted by Crippen LogP contribution is -2.44. The molecular formula is C17H29N3O. The molecule has 1 heterocycles. The van der Waals surface area contributed by atoms with E-state index < -0.39 is 0 Å². The van der Waals surface area contributed by atoms with Gasteiger partial charge in [-0.05, 0) is 38.1 Å². The van der Waals surface area contributed by atoms with Crippen LogP contribution in [0.1, 0.15) is 19.4 Å². The molecule has 1 saturated heterocycles. The highest BCUT2D eigenvalue weighted by Crippen LogP contribution is 2.25. The molecule has 0 bridgehead atoms. The standard InChI is InChI=1S/C17H29N3O/c1-5-15-6-7-16(20-10-8-19(3)9-11-20)12-17(15)18-14(2)13-21-4/h6-7,12,14,18H,5,8-11,13H2,1-4H3. The molecule has 0 aliphatic carbocycles. The van der Waals surface area contributed by atoms with Crippen LogP contribution >= 0.6 is 0 Å². The van der Waals surface area contributed by atoms with E-state index in [2.05, 4.69) is 54.2 Å². The maximum absolute atomic E-state index is 5.23. The zero-order chi connectivity index (χ0) is 15.2. The predicted octanol–water partition coefficient (Wildman–Crippen LogP) is 2.45. The molecule has 1 aromatic carbocycles. The summed E-state index contributed by atoms with van der Waals surface area (Å²) in [5, 5.41) is 3.59. The number of benzene rings is 1. The molecule has 0 spiro atoms. The number of aryl methyl sites for hydroxylation is 1. The lowest BCUT2D eigenvalue weighted by Gasteiger charge is -2.34. The molecule has 0 saturated carbocycles. The Bertz CT molecular complexity index is 442. The number of hydrogen-bond acceptors (Lipinski definition) is 4. The monoisotopic (exact) mass is 291 g/mol. The Hall–Kier alpha value is -1.26. The van der Waals surface area contributed by atoms with Crippen molar-refractivity contribution in [3.8, 4) is 0 Å². The van der Waals surface area contributed by atoms with E-state index in [0.29, 0.717) is 6.04 Å². The number of nitrogens with one attached hydrogen (secondary N) is 1. The van der Waals surface area contributed by atoms with Crippen LogP contribution in [0.4, 0.5) is 11.4 Å². The first-order chi connectivity index (χ1) is 10.1. The van der Waals surface area contributed by atoms with Crippen LogP contribution in [0.3, 0.4) is 0 Å². The third-order valence-electron chi connectivity index (χ3n) is 4.16. The van der Waals surface area contributed by atoms with E-state index in [1.807, 2.05) is 0 Å². The Morgan fingerprint density at radius 3 is 2.57 bits per heavy atom. The van der Waals surface area contributed by atoms with E-state index in [1.165, 1.54) is 16.9 Å². The molecule has 1 aromatic rings. The summed E-state index contributed by atoms with van der Waals surface area (Å²) in [5.41, 5.74) is 3.95. The number of likely N-dealkylation sites (N-methyl/N-ethyl adjacent to an activating group) is 1. The van der Waals surface area contributed by atoms with E-state index in [0.717, 1.165) is 39.2 Å². The van der Waals surface area contributed by atoms with Gasteiger partial charge >= 0.3 is 0 Å². The van der Waals surface area contributed by atoms with Crippen molar-refractivity contribution in [2.45, 2.75) is 26.3 Å². The van der Waals surface area contributed by atoms with Gasteiger partial charge in [-0.2, -0.15) is 0 Å². The van der Waals surface area contributed by atoms with Crippen molar-refractivity contribution in [1.82, 2.24) is 4.90 Å². The van der Waals surface area contributed by atoms with Crippen molar-refractivity contribution in [1.29, 1.82) is 0 Å². The third kappa shape index (κ3) is 4.35. The molecule has 1 fully saturated rings. The molecule has 0 aromatic heterocycles. The average molecular weight is 291 g/mol. The van der Waals surface area contributed by atoms with E-state index in [1.54, 1.807) is 7.11 Å². The summed E-state index contributed by atoms with van der Waals surface area (Å²) in [6.45, 7) is 9.57. The van der Waals surface area contributed by atoms with Gasteiger partial charge in [-0.15, -0.1) is 0 Å². The molecule has 1 atom stereocenters. The molecule has 1 aliphatic heterocycles. The third-order valence-corrected chi connectivity index (χ3v) is 4.16. The molecule has 1 N–H and O–H groups in total. The largest absolute Gasteiger partial charge is 0.383 e. The van der Waals surface area contributed by atoms with Crippen molar-refractivity contribution in [2.24, 2.45) is 0 Å². The lowest BCUT2D eigenvalue weighted by molar-refractivity contribution is 0.190. The summed E-state index contributed by atoms with van der Waals surface area (Å²) in [5.74, 6) is 0. The second-order valence-electron chi connectivity index (χ2n) is 5.99. The minimum atomic E-state index is 0.322. The fraction of sp³-hybridized carbons (Fsp3) is 0.647. The van der Waals surface area contributed by atoms with Crippen LogP contribution in [0.15, 0.2) is 18.2 Å². The number of methoxy groups -OCH3 is 1. The second-order valence-corrected chi connectivity index (χ2v) is 5.99. The summed E-state index contributed by atoms with van der Waals surface area (Å²) in [7, 11) is 3.94. The normalized spacial score (nSPS) is 17.8. The predicted molar refractivity (Wildman–Crippen MR) is 90.5 cm³/mol. The highest BCUT2D eigenvalue weighted by atomic mass is 16.5. The summed E-state index contributed by atoms with van der Waals surface area (Å²) in [6, 6.07) is 7.14. The van der Waals surface area contributed by atoms with E-state index in [4.69, 9.17) is 4.74 Å². The van der Waals surface area contributed by atoms with Crippen molar-refractivity contribution in [3.63, 3.8) is 0 Å². The molecule has 0 amide bonds. The summed E-state index contributed by atoms with van der Waals surface area (Å²) >= 11 is 0. The van der Waals surface area contributed by atoms with E-state index in [-0.39, 0.29) is 0 Å². The van der Waals surface area contributed by atoms with Crippen LogP contribution in [0.5, 0.6) is 0 Å². The Kier molecular flexibility index (Phi) is 5.88. The fourth-order valence-corrected chi connectivity index (χ4v) is 2.83. The Labute approximate surface area is 129 Å². The molecule has 4 heteroatoms. The average Bonchev–Trinajstić information content (AvgIpc) is 2.48. The molecule has 1 aliphatic rings. The van der Waals surface area contributed by atoms with Gasteiger partial charge in [0.15, 0.2) is 0 Å². The molecule has 2 rings (SSSR count). The van der Waals surface area contributed by atoms with Crippen LogP contribution in [0, 0.1) is 0 Å². The summed E-state index contributed by atoms with van der Waals surface area (Å²) < 4.78 is 5.23. The van der Waals surface area contributed by atoms with Gasteiger partial charge in [0.1, 0.15) is 0 Å². The quantitative estimate of drug-likeness (QED) is 0.871. The molecular weight excluding hydrogens is 262 g/mol. The van der Waals surface area contributed by atoms with E-state index >= 15 is 0 Å². The second kappa shape index (κ2) is 7.66. The Morgan fingerprint density at radius 1 is 1.24 bits per heavy atom. The van der Waals surface area contributed by atoms with Gasteiger partial charge in [0.25, 0.3) is 0 Å². The molecule has 0 radical (unpaired) electrons. The van der Waals surface area contributed by atoms with Gasteiger partial charge in [-0.1, -0.05) is 13.0 Å². The number of rotatable bonds is 6. The smallest absolute Gasteiger partial charge is 0.0661 e. The van der Waals surface area contributed by atoms with Crippen LogP contribution < -0.4 is 10.2 Å². The Balaban J connectivity index is 2.12. The van der Waals surface area contributed by atoms with Crippen molar-refractivity contribution in [2.75, 3.05) is 57.2 Å². The minimum Gasteiger partial charge on any atom is -0.383 e. The van der Waals surface area contributed by atoms with Crippen LogP contribution in [0.2, 0.25) is 0 Å². The van der Waals surface area contributed by atoms with Gasteiger partial charge < -0.3 is 19.9 Å². The summed E-state index contributed by atoms with van der Waals surface area (Å²) in [6.07, 6.45) is 1.05. The minimum absolute atomic E-state index is 0.322. The maximum Gasteiger partial charge on any atom is 0.0661 e. The van der Waals surface area contributed by atoms with E-state index in [9.17, 15) is 0 Å². The maximum atomic E-state index is 5.23. The molecule has 118 valence electrons. The van der Waals surface area contributed by atoms with Gasteiger partial charge in [-0.3, -0.25) is 0 Å². The number of ether oxygens (including phenoxy) is 1. The number of piperazine rings is 1. The number of hydrogen-bond donors (Lipinski definition) is 1.